The molecule has 0 unspecified atom stereocenters. The Kier molecular flexibility index (Phi) is 4.98. The highest BCUT2D eigenvalue weighted by Crippen LogP contribution is 2.29. The standard InChI is InChI=1S/C16H20F2N4O/c1-5-11-6-8-12(9-7-11)21(3)16(23)19-13-10(2)22(4)20-14(13)15(17)18/h6-9,15H,5H2,1-4H3,(H,19,23). The molecule has 5 nitrogen and oxygen atoms in total. The van der Waals surface area contributed by atoms with Crippen molar-refractivity contribution in [2.45, 2.75) is 26.7 Å². The number of hydrogen-bond donors (Lipinski definition) is 1. The smallest absolute Gasteiger partial charge is 0.304 e. The first-order valence-corrected chi connectivity index (χ1v) is 7.30. The predicted molar refractivity (Wildman–Crippen MR) is 86.1 cm³/mol. The average molecular weight is 322 g/mol. The van der Waals surface area contributed by atoms with Gasteiger partial charge in [-0.2, -0.15) is 5.10 Å². The fraction of sp³-hybridized carbons (Fsp3) is 0.375. The van der Waals surface area contributed by atoms with Gasteiger partial charge in [0.15, 0.2) is 5.69 Å². The van der Waals surface area contributed by atoms with Gasteiger partial charge in [0, 0.05) is 19.8 Å². The minimum atomic E-state index is -2.75. The number of nitrogens with zero attached hydrogens (tertiary/aromatic N) is 3. The molecule has 0 saturated carbocycles. The number of amides is 2. The number of carbonyl (C=O) groups is 1. The second-order valence-corrected chi connectivity index (χ2v) is 5.28. The topological polar surface area (TPSA) is 50.2 Å². The number of halogens is 2. The van der Waals surface area contributed by atoms with Crippen molar-refractivity contribution in [3.05, 3.63) is 41.2 Å². The molecule has 0 aliphatic carbocycles. The summed E-state index contributed by atoms with van der Waals surface area (Å²) in [4.78, 5) is 13.7. The summed E-state index contributed by atoms with van der Waals surface area (Å²) in [5.41, 5.74) is 1.95. The number of benzene rings is 1. The molecule has 0 spiro atoms. The Morgan fingerprint density at radius 2 is 1.96 bits per heavy atom. The highest BCUT2D eigenvalue weighted by atomic mass is 19.3. The average Bonchev–Trinajstić information content (AvgIpc) is 2.82. The summed E-state index contributed by atoms with van der Waals surface area (Å²) >= 11 is 0. The Balaban J connectivity index is 2.21. The molecule has 2 aromatic rings. The number of rotatable bonds is 4. The van der Waals surface area contributed by atoms with Gasteiger partial charge in [-0.25, -0.2) is 13.6 Å². The van der Waals surface area contributed by atoms with E-state index in [0.717, 1.165) is 12.0 Å². The third-order valence-corrected chi connectivity index (χ3v) is 3.84. The first-order valence-electron chi connectivity index (χ1n) is 7.30. The van der Waals surface area contributed by atoms with Crippen molar-refractivity contribution in [1.82, 2.24) is 9.78 Å². The van der Waals surface area contributed by atoms with Crippen LogP contribution in [0.4, 0.5) is 25.0 Å². The number of urea groups is 1. The maximum Gasteiger partial charge on any atom is 0.326 e. The van der Waals surface area contributed by atoms with E-state index in [0.29, 0.717) is 11.4 Å². The molecule has 0 saturated heterocycles. The lowest BCUT2D eigenvalue weighted by Gasteiger charge is -2.18. The first kappa shape index (κ1) is 16.9. The lowest BCUT2D eigenvalue weighted by atomic mass is 10.1. The van der Waals surface area contributed by atoms with Crippen LogP contribution in [0.2, 0.25) is 0 Å². The number of alkyl halides is 2. The van der Waals surface area contributed by atoms with Crippen LogP contribution < -0.4 is 10.2 Å². The van der Waals surface area contributed by atoms with Gasteiger partial charge >= 0.3 is 6.03 Å². The zero-order valence-electron chi connectivity index (χ0n) is 13.6. The van der Waals surface area contributed by atoms with E-state index in [-0.39, 0.29) is 5.69 Å². The van der Waals surface area contributed by atoms with E-state index in [9.17, 15) is 13.6 Å². The minimum Gasteiger partial charge on any atom is -0.304 e. The van der Waals surface area contributed by atoms with E-state index < -0.39 is 18.2 Å². The van der Waals surface area contributed by atoms with E-state index in [4.69, 9.17) is 0 Å². The van der Waals surface area contributed by atoms with Crippen LogP contribution >= 0.6 is 0 Å². The maximum absolute atomic E-state index is 13.0. The largest absolute Gasteiger partial charge is 0.326 e. The molecular weight excluding hydrogens is 302 g/mol. The molecule has 23 heavy (non-hydrogen) atoms. The molecular formula is C16H20F2N4O. The molecule has 1 aromatic heterocycles. The van der Waals surface area contributed by atoms with E-state index in [2.05, 4.69) is 10.4 Å². The van der Waals surface area contributed by atoms with Crippen molar-refractivity contribution in [2.75, 3.05) is 17.3 Å². The van der Waals surface area contributed by atoms with Crippen molar-refractivity contribution < 1.29 is 13.6 Å². The minimum absolute atomic E-state index is 0.0597. The molecule has 7 heteroatoms. The third-order valence-electron chi connectivity index (χ3n) is 3.84. The van der Waals surface area contributed by atoms with Gasteiger partial charge < -0.3 is 5.32 Å². The molecule has 2 amide bonds. The van der Waals surface area contributed by atoms with Gasteiger partial charge in [0.2, 0.25) is 0 Å². The van der Waals surface area contributed by atoms with Crippen LogP contribution in [0.1, 0.15) is 30.3 Å². The van der Waals surface area contributed by atoms with Crippen molar-refractivity contribution in [3.63, 3.8) is 0 Å². The van der Waals surface area contributed by atoms with Crippen LogP contribution in [0.25, 0.3) is 0 Å². The fourth-order valence-corrected chi connectivity index (χ4v) is 2.20. The summed E-state index contributed by atoms with van der Waals surface area (Å²) in [5, 5.41) is 6.28. The summed E-state index contributed by atoms with van der Waals surface area (Å²) < 4.78 is 27.4. The fourth-order valence-electron chi connectivity index (χ4n) is 2.20. The van der Waals surface area contributed by atoms with Gasteiger partial charge in [-0.1, -0.05) is 19.1 Å². The highest BCUT2D eigenvalue weighted by Gasteiger charge is 2.23. The van der Waals surface area contributed by atoms with E-state index >= 15 is 0 Å². The van der Waals surface area contributed by atoms with Crippen LogP contribution in [0.15, 0.2) is 24.3 Å². The molecule has 1 aromatic carbocycles. The Labute approximate surface area is 133 Å². The van der Waals surface area contributed by atoms with Gasteiger partial charge in [0.1, 0.15) is 0 Å². The normalized spacial score (nSPS) is 10.9. The van der Waals surface area contributed by atoms with Crippen LogP contribution in [0, 0.1) is 6.92 Å². The molecule has 0 fully saturated rings. The zero-order chi connectivity index (χ0) is 17.1. The molecule has 2 rings (SSSR count). The number of hydrogen-bond acceptors (Lipinski definition) is 2. The van der Waals surface area contributed by atoms with Crippen molar-refractivity contribution in [2.24, 2.45) is 7.05 Å². The number of aryl methyl sites for hydroxylation is 2. The lowest BCUT2D eigenvalue weighted by molar-refractivity contribution is 0.146. The van der Waals surface area contributed by atoms with E-state index in [1.807, 2.05) is 31.2 Å². The number of anilines is 2. The highest BCUT2D eigenvalue weighted by molar-refractivity contribution is 6.02. The molecule has 0 atom stereocenters. The third kappa shape index (κ3) is 3.49. The van der Waals surface area contributed by atoms with E-state index in [1.165, 1.54) is 9.58 Å². The Morgan fingerprint density at radius 3 is 2.48 bits per heavy atom. The van der Waals surface area contributed by atoms with Gasteiger partial charge in [0.25, 0.3) is 6.43 Å². The molecule has 0 aliphatic rings. The van der Waals surface area contributed by atoms with Crippen molar-refractivity contribution in [3.8, 4) is 0 Å². The lowest BCUT2D eigenvalue weighted by Crippen LogP contribution is -2.31. The van der Waals surface area contributed by atoms with Crippen molar-refractivity contribution in [1.29, 1.82) is 0 Å². The second kappa shape index (κ2) is 6.76. The maximum atomic E-state index is 13.0. The molecule has 1 heterocycles. The molecule has 1 N–H and O–H groups in total. The van der Waals surface area contributed by atoms with Gasteiger partial charge in [-0.3, -0.25) is 9.58 Å². The van der Waals surface area contributed by atoms with Gasteiger partial charge in [-0.05, 0) is 31.0 Å². The Morgan fingerprint density at radius 1 is 1.35 bits per heavy atom. The first-order chi connectivity index (χ1) is 10.8. The summed E-state index contributed by atoms with van der Waals surface area (Å²) in [7, 11) is 3.15. The summed E-state index contributed by atoms with van der Waals surface area (Å²) in [6.45, 7) is 3.67. The molecule has 0 aliphatic heterocycles. The molecule has 0 radical (unpaired) electrons. The quantitative estimate of drug-likeness (QED) is 0.928. The van der Waals surface area contributed by atoms with Gasteiger partial charge in [0.05, 0.1) is 11.4 Å². The summed E-state index contributed by atoms with van der Waals surface area (Å²) in [6.07, 6.45) is -1.85. The molecule has 0 bridgehead atoms. The van der Waals surface area contributed by atoms with Crippen LogP contribution in [-0.4, -0.2) is 22.9 Å². The zero-order valence-corrected chi connectivity index (χ0v) is 13.6. The Bertz CT molecular complexity index is 695. The second-order valence-electron chi connectivity index (χ2n) is 5.28. The molecule has 124 valence electrons. The summed E-state index contributed by atoms with van der Waals surface area (Å²) in [5.74, 6) is 0. The SMILES string of the molecule is CCc1ccc(N(C)C(=O)Nc2c(C(F)F)nn(C)c2C)cc1. The van der Waals surface area contributed by atoms with Crippen LogP contribution in [0.5, 0.6) is 0 Å². The Hall–Kier alpha value is -2.44. The van der Waals surface area contributed by atoms with Crippen molar-refractivity contribution >= 4 is 17.4 Å². The number of aromatic nitrogens is 2. The predicted octanol–water partition coefficient (Wildman–Crippen LogP) is 3.90. The summed E-state index contributed by atoms with van der Waals surface area (Å²) in [6, 6.07) is 7.01. The number of carbonyl (C=O) groups excluding carboxylic acids is 1. The van der Waals surface area contributed by atoms with Crippen LogP contribution in [-0.2, 0) is 13.5 Å². The van der Waals surface area contributed by atoms with Crippen LogP contribution in [0.3, 0.4) is 0 Å². The monoisotopic (exact) mass is 322 g/mol. The van der Waals surface area contributed by atoms with Gasteiger partial charge in [-0.15, -0.1) is 0 Å². The van der Waals surface area contributed by atoms with E-state index in [1.54, 1.807) is 21.0 Å². The number of nitrogens with one attached hydrogen (secondary N) is 1.